The van der Waals surface area contributed by atoms with Gasteiger partial charge in [0.05, 0.1) is 27.6 Å². The second kappa shape index (κ2) is 7.58. The fourth-order valence-electron chi connectivity index (χ4n) is 3.83. The summed E-state index contributed by atoms with van der Waals surface area (Å²) < 4.78 is 41.4. The number of nitro benzene ring substituents is 1. The van der Waals surface area contributed by atoms with E-state index in [0.29, 0.717) is 17.0 Å². The first-order valence-corrected chi connectivity index (χ1v) is 10.0. The summed E-state index contributed by atoms with van der Waals surface area (Å²) in [7, 11) is 0. The van der Waals surface area contributed by atoms with E-state index in [1.807, 2.05) is 13.0 Å². The standard InChI is InChI=1S/C22H18F3N5O3/c1-12(13-7-15(22(23,24)25)9-16(8-13)30(32)33)28-20-17-3-4-18(31)29(21(2)5-6-21)19(17)14(10-26)11-27-20/h3-4,7-9,11-12H,5-6H2,1-2H3,(H,27,28)/t12-/m1/s1. The molecule has 8 nitrogen and oxygen atoms in total. The van der Waals surface area contributed by atoms with Gasteiger partial charge in [0, 0.05) is 35.3 Å². The summed E-state index contributed by atoms with van der Waals surface area (Å²) in [5.74, 6) is 0.245. The number of alkyl halides is 3. The Morgan fingerprint density at radius 3 is 2.58 bits per heavy atom. The van der Waals surface area contributed by atoms with Crippen LogP contribution in [0.15, 0.2) is 41.3 Å². The number of non-ortho nitro benzene ring substituents is 1. The molecule has 0 amide bonds. The van der Waals surface area contributed by atoms with E-state index in [4.69, 9.17) is 0 Å². The lowest BCUT2D eigenvalue weighted by molar-refractivity contribution is -0.385. The van der Waals surface area contributed by atoms with Crippen LogP contribution in [0, 0.1) is 21.4 Å². The van der Waals surface area contributed by atoms with Gasteiger partial charge in [0.15, 0.2) is 0 Å². The summed E-state index contributed by atoms with van der Waals surface area (Å²) >= 11 is 0. The average Bonchev–Trinajstić information content (AvgIpc) is 3.50. The second-order valence-electron chi connectivity index (χ2n) is 8.33. The molecule has 0 bridgehead atoms. The van der Waals surface area contributed by atoms with Gasteiger partial charge < -0.3 is 9.88 Å². The normalized spacial score (nSPS) is 15.6. The Morgan fingerprint density at radius 1 is 1.30 bits per heavy atom. The van der Waals surface area contributed by atoms with Crippen molar-refractivity contribution in [2.45, 2.75) is 44.4 Å². The van der Waals surface area contributed by atoms with Gasteiger partial charge in [-0.1, -0.05) is 0 Å². The Morgan fingerprint density at radius 2 is 2.00 bits per heavy atom. The molecule has 1 aliphatic carbocycles. The van der Waals surface area contributed by atoms with Gasteiger partial charge in [-0.15, -0.1) is 0 Å². The van der Waals surface area contributed by atoms with Gasteiger partial charge in [0.1, 0.15) is 11.9 Å². The van der Waals surface area contributed by atoms with Crippen LogP contribution in [-0.2, 0) is 11.7 Å². The number of fused-ring (bicyclic) bond motifs is 1. The van der Waals surface area contributed by atoms with Gasteiger partial charge in [-0.25, -0.2) is 4.98 Å². The number of nitro groups is 1. The van der Waals surface area contributed by atoms with Crippen molar-refractivity contribution in [3.8, 4) is 6.07 Å². The predicted octanol–water partition coefficient (Wildman–Crippen LogP) is 4.88. The minimum atomic E-state index is -4.75. The highest BCUT2D eigenvalue weighted by atomic mass is 19.4. The number of rotatable bonds is 5. The van der Waals surface area contributed by atoms with Crippen molar-refractivity contribution in [2.75, 3.05) is 5.32 Å². The Bertz CT molecular complexity index is 1390. The van der Waals surface area contributed by atoms with E-state index in [-0.39, 0.29) is 22.5 Å². The van der Waals surface area contributed by atoms with Crippen LogP contribution in [0.3, 0.4) is 0 Å². The highest BCUT2D eigenvalue weighted by Crippen LogP contribution is 2.44. The van der Waals surface area contributed by atoms with Crippen LogP contribution in [0.1, 0.15) is 49.4 Å². The molecule has 11 heteroatoms. The fraction of sp³-hybridized carbons (Fsp3) is 0.318. The van der Waals surface area contributed by atoms with E-state index >= 15 is 0 Å². The first kappa shape index (κ1) is 22.3. The number of halogens is 3. The maximum absolute atomic E-state index is 13.3. The average molecular weight is 457 g/mol. The number of nitrogens with one attached hydrogen (secondary N) is 1. The molecule has 3 aromatic rings. The minimum Gasteiger partial charge on any atom is -0.363 e. The van der Waals surface area contributed by atoms with E-state index < -0.39 is 33.9 Å². The van der Waals surface area contributed by atoms with E-state index in [9.17, 15) is 33.3 Å². The number of hydrogen-bond donors (Lipinski definition) is 1. The lowest BCUT2D eigenvalue weighted by Crippen LogP contribution is -2.28. The van der Waals surface area contributed by atoms with E-state index in [0.717, 1.165) is 25.0 Å². The number of hydrogen-bond acceptors (Lipinski definition) is 6. The van der Waals surface area contributed by atoms with Crippen LogP contribution in [-0.4, -0.2) is 14.5 Å². The third-order valence-electron chi connectivity index (χ3n) is 5.89. The molecule has 0 aliphatic heterocycles. The highest BCUT2D eigenvalue weighted by molar-refractivity contribution is 5.93. The summed E-state index contributed by atoms with van der Waals surface area (Å²) in [6.45, 7) is 3.45. The Kier molecular flexibility index (Phi) is 5.11. The van der Waals surface area contributed by atoms with Crippen molar-refractivity contribution in [3.05, 3.63) is 73.7 Å². The highest BCUT2D eigenvalue weighted by Gasteiger charge is 2.41. The molecule has 2 aromatic heterocycles. The number of anilines is 1. The zero-order chi connectivity index (χ0) is 24.1. The molecule has 1 saturated carbocycles. The fourth-order valence-corrected chi connectivity index (χ4v) is 3.83. The monoisotopic (exact) mass is 457 g/mol. The first-order chi connectivity index (χ1) is 15.4. The quantitative estimate of drug-likeness (QED) is 0.432. The van der Waals surface area contributed by atoms with Crippen molar-refractivity contribution < 1.29 is 18.1 Å². The van der Waals surface area contributed by atoms with Crippen LogP contribution in [0.2, 0.25) is 0 Å². The smallest absolute Gasteiger partial charge is 0.363 e. The summed E-state index contributed by atoms with van der Waals surface area (Å²) in [6, 6.07) is 6.52. The Balaban J connectivity index is 1.83. The largest absolute Gasteiger partial charge is 0.416 e. The molecule has 0 spiro atoms. The third-order valence-corrected chi connectivity index (χ3v) is 5.89. The van der Waals surface area contributed by atoms with Crippen molar-refractivity contribution in [1.29, 1.82) is 5.26 Å². The van der Waals surface area contributed by atoms with Crippen molar-refractivity contribution in [2.24, 2.45) is 0 Å². The maximum Gasteiger partial charge on any atom is 0.416 e. The molecule has 4 rings (SSSR count). The van der Waals surface area contributed by atoms with Gasteiger partial charge in [0.25, 0.3) is 11.2 Å². The molecule has 33 heavy (non-hydrogen) atoms. The molecule has 170 valence electrons. The van der Waals surface area contributed by atoms with Gasteiger partial charge >= 0.3 is 6.18 Å². The van der Waals surface area contributed by atoms with Crippen molar-refractivity contribution in [3.63, 3.8) is 0 Å². The van der Waals surface area contributed by atoms with Crippen LogP contribution in [0.25, 0.3) is 10.9 Å². The topological polar surface area (TPSA) is 114 Å². The summed E-state index contributed by atoms with van der Waals surface area (Å²) in [5.41, 5.74) is -1.87. The zero-order valence-electron chi connectivity index (χ0n) is 17.6. The maximum atomic E-state index is 13.3. The van der Waals surface area contributed by atoms with E-state index in [2.05, 4.69) is 10.3 Å². The molecule has 2 heterocycles. The molecule has 0 unspecified atom stereocenters. The van der Waals surface area contributed by atoms with Crippen LogP contribution >= 0.6 is 0 Å². The molecular formula is C22H18F3N5O3. The second-order valence-corrected chi connectivity index (χ2v) is 8.33. The third kappa shape index (κ3) is 4.00. The lowest BCUT2D eigenvalue weighted by atomic mass is 10.0. The summed E-state index contributed by atoms with van der Waals surface area (Å²) in [6.07, 6.45) is -1.91. The number of nitrogens with zero attached hydrogens (tertiary/aromatic N) is 4. The molecular weight excluding hydrogens is 439 g/mol. The Labute approximate surface area is 185 Å². The molecule has 1 aliphatic rings. The number of aromatic nitrogens is 2. The Hall–Kier alpha value is -3.94. The van der Waals surface area contributed by atoms with Crippen LogP contribution in [0.5, 0.6) is 0 Å². The molecule has 1 aromatic carbocycles. The van der Waals surface area contributed by atoms with Gasteiger partial charge in [-0.2, -0.15) is 18.4 Å². The molecule has 0 saturated heterocycles. The van der Waals surface area contributed by atoms with Crippen LogP contribution in [0.4, 0.5) is 24.7 Å². The van der Waals surface area contributed by atoms with Gasteiger partial charge in [0.2, 0.25) is 0 Å². The van der Waals surface area contributed by atoms with Crippen molar-refractivity contribution in [1.82, 2.24) is 9.55 Å². The number of pyridine rings is 2. The van der Waals surface area contributed by atoms with Gasteiger partial charge in [-0.05, 0) is 44.4 Å². The van der Waals surface area contributed by atoms with E-state index in [1.54, 1.807) is 11.5 Å². The number of nitriles is 1. The predicted molar refractivity (Wildman–Crippen MR) is 114 cm³/mol. The zero-order valence-corrected chi connectivity index (χ0v) is 17.6. The molecule has 1 atom stereocenters. The van der Waals surface area contributed by atoms with Gasteiger partial charge in [-0.3, -0.25) is 14.9 Å². The van der Waals surface area contributed by atoms with Crippen LogP contribution < -0.4 is 10.9 Å². The minimum absolute atomic E-state index is 0.0401. The lowest BCUT2D eigenvalue weighted by Gasteiger charge is -2.21. The van der Waals surface area contributed by atoms with Crippen molar-refractivity contribution >= 4 is 22.4 Å². The molecule has 0 radical (unpaired) electrons. The number of benzene rings is 1. The first-order valence-electron chi connectivity index (χ1n) is 10.0. The molecule has 1 fully saturated rings. The molecule has 1 N–H and O–H groups in total. The van der Waals surface area contributed by atoms with E-state index in [1.165, 1.54) is 18.3 Å². The summed E-state index contributed by atoms with van der Waals surface area (Å²) in [5, 5.41) is 24.2. The summed E-state index contributed by atoms with van der Waals surface area (Å²) in [4.78, 5) is 27.1. The SMILES string of the molecule is C[C@@H](Nc1ncc(C#N)c2c1ccc(=O)n2C1(C)CC1)c1cc([N+](=O)[O-])cc(C(F)(F)F)c1.